The first-order valence-electron chi connectivity index (χ1n) is 18.4. The summed E-state index contributed by atoms with van der Waals surface area (Å²) in [6, 6.07) is 5.36. The molecule has 0 heterocycles. The predicted octanol–water partition coefficient (Wildman–Crippen LogP) is 5.21. The Balaban J connectivity index is 3.11. The van der Waals surface area contributed by atoms with Gasteiger partial charge in [-0.3, -0.25) is 14.4 Å². The SMILES string of the molecule is C=C(COC(=O)C[C@@](O)(C(=O)O)[C@H](C=CCCCCCCC(=O)CCCCCCC)C(=O)N[C@@H](Cc1ccc(OCC#CC)cc1)C(=O)OC)C(=O)OC. The minimum atomic E-state index is -3.03. The molecule has 1 aromatic carbocycles. The van der Waals surface area contributed by atoms with Crippen LogP contribution in [0.15, 0.2) is 48.6 Å². The van der Waals surface area contributed by atoms with Crippen molar-refractivity contribution in [3.8, 4) is 17.6 Å². The number of aliphatic carboxylic acids is 1. The summed E-state index contributed by atoms with van der Waals surface area (Å²) in [5.41, 5.74) is -2.66. The minimum Gasteiger partial charge on any atom is -0.481 e. The highest BCUT2D eigenvalue weighted by Gasteiger charge is 2.49. The minimum absolute atomic E-state index is 0.0611. The van der Waals surface area contributed by atoms with Crippen molar-refractivity contribution in [3.63, 3.8) is 0 Å². The molecule has 298 valence electrons. The number of carboxylic acid groups (broad SMARTS) is 1. The number of allylic oxidation sites excluding steroid dienone is 1. The lowest BCUT2D eigenvalue weighted by Crippen LogP contribution is -2.55. The summed E-state index contributed by atoms with van der Waals surface area (Å²) in [6.45, 7) is 6.81. The fourth-order valence-corrected chi connectivity index (χ4v) is 5.39. The normalized spacial score (nSPS) is 13.0. The van der Waals surface area contributed by atoms with Crippen LogP contribution in [0, 0.1) is 17.8 Å². The number of benzene rings is 1. The Kier molecular flexibility index (Phi) is 23.3. The third kappa shape index (κ3) is 18.2. The Hall–Kier alpha value is -4.96. The number of hydrogen-bond acceptors (Lipinski definition) is 11. The second kappa shape index (κ2) is 26.7. The Morgan fingerprint density at radius 1 is 0.926 bits per heavy atom. The van der Waals surface area contributed by atoms with Crippen molar-refractivity contribution in [2.75, 3.05) is 27.4 Å². The molecular formula is C41H57NO12. The first-order chi connectivity index (χ1) is 25.8. The van der Waals surface area contributed by atoms with Crippen molar-refractivity contribution in [2.45, 2.75) is 115 Å². The van der Waals surface area contributed by atoms with E-state index in [9.17, 15) is 39.0 Å². The van der Waals surface area contributed by atoms with Crippen molar-refractivity contribution in [2.24, 2.45) is 5.92 Å². The van der Waals surface area contributed by atoms with Crippen LogP contribution in [0.3, 0.4) is 0 Å². The number of nitrogens with one attached hydrogen (secondary N) is 1. The van der Waals surface area contributed by atoms with Crippen LogP contribution in [0.1, 0.15) is 103 Å². The number of ether oxygens (including phenoxy) is 4. The van der Waals surface area contributed by atoms with E-state index in [-0.39, 0.29) is 24.4 Å². The standard InChI is InChI=1S/C41H57NO12/c1-6-8-10-13-16-19-32(43)20-17-14-11-12-15-18-21-34(41(50,40(48)49)28-36(44)54-29-30(3)38(46)51-4)37(45)42-35(39(47)52-5)27-31-22-24-33(25-23-31)53-26-9-7-2/h18,21-25,34-35,50H,3,6,8,10-17,19-20,26-29H2,1-2,4-5H3,(H,42,45)(H,48,49)/t34-,35+,41+/m1/s1. The Morgan fingerprint density at radius 3 is 2.13 bits per heavy atom. The van der Waals surface area contributed by atoms with Gasteiger partial charge in [0.25, 0.3) is 0 Å². The van der Waals surface area contributed by atoms with E-state index >= 15 is 0 Å². The van der Waals surface area contributed by atoms with E-state index in [4.69, 9.17) is 14.2 Å². The molecule has 54 heavy (non-hydrogen) atoms. The fourth-order valence-electron chi connectivity index (χ4n) is 5.39. The van der Waals surface area contributed by atoms with Crippen LogP contribution >= 0.6 is 0 Å². The van der Waals surface area contributed by atoms with Crippen LogP contribution in [0.2, 0.25) is 0 Å². The van der Waals surface area contributed by atoms with Crippen LogP contribution in [0.4, 0.5) is 0 Å². The van der Waals surface area contributed by atoms with Crippen LogP contribution in [-0.4, -0.2) is 84.9 Å². The summed E-state index contributed by atoms with van der Waals surface area (Å²) in [5.74, 6) is -1.47. The lowest BCUT2D eigenvalue weighted by Gasteiger charge is -2.30. The fraction of sp³-hybridized carbons (Fsp3) is 0.561. The molecule has 0 aliphatic heterocycles. The largest absolute Gasteiger partial charge is 0.481 e. The number of esters is 3. The molecule has 1 aromatic rings. The summed E-state index contributed by atoms with van der Waals surface area (Å²) in [5, 5.41) is 24.1. The zero-order valence-electron chi connectivity index (χ0n) is 32.1. The monoisotopic (exact) mass is 755 g/mol. The van der Waals surface area contributed by atoms with E-state index < -0.39 is 60.4 Å². The predicted molar refractivity (Wildman–Crippen MR) is 201 cm³/mol. The average molecular weight is 756 g/mol. The lowest BCUT2D eigenvalue weighted by molar-refractivity contribution is -0.174. The first kappa shape index (κ1) is 47.1. The number of unbranched alkanes of at least 4 members (excludes halogenated alkanes) is 8. The maximum Gasteiger partial charge on any atom is 0.337 e. The van der Waals surface area contributed by atoms with Crippen molar-refractivity contribution < 1.29 is 57.9 Å². The molecule has 1 amide bonds. The number of carbonyl (C=O) groups is 6. The van der Waals surface area contributed by atoms with Gasteiger partial charge in [0.15, 0.2) is 5.60 Å². The number of methoxy groups -OCH3 is 2. The van der Waals surface area contributed by atoms with Crippen LogP contribution in [-0.2, 0) is 49.4 Å². The molecule has 0 saturated heterocycles. The van der Waals surface area contributed by atoms with Gasteiger partial charge in [-0.25, -0.2) is 14.4 Å². The number of carbonyl (C=O) groups excluding carboxylic acids is 5. The molecule has 0 spiro atoms. The van der Waals surface area contributed by atoms with Gasteiger partial charge in [-0.05, 0) is 50.3 Å². The van der Waals surface area contributed by atoms with Gasteiger partial charge in [-0.2, -0.15) is 0 Å². The van der Waals surface area contributed by atoms with Gasteiger partial charge in [0, 0.05) is 19.3 Å². The summed E-state index contributed by atoms with van der Waals surface area (Å²) >= 11 is 0. The summed E-state index contributed by atoms with van der Waals surface area (Å²) in [6.07, 6.45) is 11.4. The van der Waals surface area contributed by atoms with Crippen LogP contribution in [0.5, 0.6) is 5.75 Å². The number of aliphatic hydroxyl groups is 1. The van der Waals surface area contributed by atoms with E-state index in [1.165, 1.54) is 18.6 Å². The molecule has 0 aliphatic rings. The Morgan fingerprint density at radius 2 is 1.56 bits per heavy atom. The smallest absolute Gasteiger partial charge is 0.337 e. The molecule has 0 radical (unpaired) electrons. The zero-order chi connectivity index (χ0) is 40.4. The molecule has 3 N–H and O–H groups in total. The molecular weight excluding hydrogens is 698 g/mol. The molecule has 0 aliphatic carbocycles. The van der Waals surface area contributed by atoms with Crippen molar-refractivity contribution >= 4 is 35.6 Å². The maximum atomic E-state index is 13.8. The zero-order valence-corrected chi connectivity index (χ0v) is 32.1. The third-order valence-electron chi connectivity index (χ3n) is 8.58. The third-order valence-corrected chi connectivity index (χ3v) is 8.58. The summed E-state index contributed by atoms with van der Waals surface area (Å²) < 4.78 is 19.9. The molecule has 1 rings (SSSR count). The quantitative estimate of drug-likeness (QED) is 0.0253. The Labute approximate surface area is 318 Å². The van der Waals surface area contributed by atoms with E-state index in [1.807, 2.05) is 0 Å². The Bertz CT molecular complexity index is 1470. The van der Waals surface area contributed by atoms with Gasteiger partial charge in [-0.15, -0.1) is 5.92 Å². The second-order valence-electron chi connectivity index (χ2n) is 12.9. The molecule has 0 saturated carbocycles. The number of Topliss-reactive ketones (excluding diaryl/α,β-unsaturated/α-hetero) is 1. The summed E-state index contributed by atoms with van der Waals surface area (Å²) in [7, 11) is 2.22. The van der Waals surface area contributed by atoms with Crippen molar-refractivity contribution in [3.05, 3.63) is 54.1 Å². The number of rotatable bonds is 28. The topological polar surface area (TPSA) is 192 Å². The first-order valence-corrected chi connectivity index (χ1v) is 18.4. The van der Waals surface area contributed by atoms with Crippen molar-refractivity contribution in [1.29, 1.82) is 0 Å². The lowest BCUT2D eigenvalue weighted by atomic mass is 9.82. The van der Waals surface area contributed by atoms with Gasteiger partial charge in [0.1, 0.15) is 30.8 Å². The summed E-state index contributed by atoms with van der Waals surface area (Å²) in [4.78, 5) is 75.7. The van der Waals surface area contributed by atoms with Gasteiger partial charge < -0.3 is 34.5 Å². The molecule has 0 fully saturated rings. The van der Waals surface area contributed by atoms with E-state index in [1.54, 1.807) is 31.2 Å². The highest BCUT2D eigenvalue weighted by molar-refractivity contribution is 5.95. The highest BCUT2D eigenvalue weighted by Crippen LogP contribution is 2.27. The van der Waals surface area contributed by atoms with E-state index in [0.717, 1.165) is 59.2 Å². The molecule has 0 aromatic heterocycles. The van der Waals surface area contributed by atoms with Crippen molar-refractivity contribution in [1.82, 2.24) is 5.32 Å². The number of carboxylic acids is 1. The van der Waals surface area contributed by atoms with Gasteiger partial charge >= 0.3 is 23.9 Å². The van der Waals surface area contributed by atoms with Gasteiger partial charge in [0.05, 0.1) is 32.1 Å². The van der Waals surface area contributed by atoms with Gasteiger partial charge in [0.2, 0.25) is 5.91 Å². The van der Waals surface area contributed by atoms with Crippen LogP contribution in [0.25, 0.3) is 0 Å². The molecule has 0 unspecified atom stereocenters. The number of amides is 1. The van der Waals surface area contributed by atoms with Crippen LogP contribution < -0.4 is 10.1 Å². The molecule has 13 nitrogen and oxygen atoms in total. The van der Waals surface area contributed by atoms with E-state index in [2.05, 4.69) is 35.4 Å². The van der Waals surface area contributed by atoms with Gasteiger partial charge in [-0.1, -0.05) is 82.2 Å². The number of hydrogen-bond donors (Lipinski definition) is 3. The maximum absolute atomic E-state index is 13.8. The molecule has 13 heteroatoms. The average Bonchev–Trinajstić information content (AvgIpc) is 3.15. The molecule has 0 bridgehead atoms. The molecule has 3 atom stereocenters. The second-order valence-corrected chi connectivity index (χ2v) is 12.9. The van der Waals surface area contributed by atoms with E-state index in [0.29, 0.717) is 37.0 Å². The number of ketones is 1. The highest BCUT2D eigenvalue weighted by atomic mass is 16.5.